The molecule has 0 amide bonds. The number of nitrogens with zero attached hydrogens (tertiary/aromatic N) is 3. The number of aryl methyl sites for hydroxylation is 1. The van der Waals surface area contributed by atoms with Crippen LogP contribution in [0.5, 0.6) is 0 Å². The summed E-state index contributed by atoms with van der Waals surface area (Å²) in [4.78, 5) is 4.03. The molecule has 7 heteroatoms. The molecule has 0 N–H and O–H groups in total. The highest BCUT2D eigenvalue weighted by Gasteiger charge is 2.23. The number of hydrogen-bond acceptors (Lipinski definition) is 3. The lowest BCUT2D eigenvalue weighted by atomic mass is 10.2. The van der Waals surface area contributed by atoms with Gasteiger partial charge in [0.25, 0.3) is 0 Å². The summed E-state index contributed by atoms with van der Waals surface area (Å²) in [6.45, 7) is 1.88. The van der Waals surface area contributed by atoms with Gasteiger partial charge in [-0.25, -0.2) is 4.98 Å². The molecule has 0 radical (unpaired) electrons. The van der Waals surface area contributed by atoms with E-state index in [-0.39, 0.29) is 5.28 Å². The van der Waals surface area contributed by atoms with Gasteiger partial charge in [0.05, 0.1) is 11.0 Å². The van der Waals surface area contributed by atoms with Crippen molar-refractivity contribution in [3.63, 3.8) is 0 Å². The van der Waals surface area contributed by atoms with Crippen LogP contribution in [0.3, 0.4) is 0 Å². The number of halogens is 1. The molecule has 5 nitrogen and oxygen atoms in total. The van der Waals surface area contributed by atoms with Gasteiger partial charge in [-0.2, -0.15) is 16.7 Å². The van der Waals surface area contributed by atoms with E-state index < -0.39 is 10.2 Å². The van der Waals surface area contributed by atoms with E-state index in [0.717, 1.165) is 13.8 Å². The van der Waals surface area contributed by atoms with Gasteiger partial charge in [-0.1, -0.05) is 6.07 Å². The summed E-state index contributed by atoms with van der Waals surface area (Å²) in [5, 5.41) is -0.0562. The average molecular weight is 274 g/mol. The van der Waals surface area contributed by atoms with E-state index in [4.69, 9.17) is 11.6 Å². The lowest BCUT2D eigenvalue weighted by molar-refractivity contribution is 0.512. The second-order valence-electron chi connectivity index (χ2n) is 3.93. The van der Waals surface area contributed by atoms with E-state index in [9.17, 15) is 8.42 Å². The SMILES string of the molecule is Cc1ccc2nc(Cl)n(S(=O)(=O)N(C)C)c2c1. The fraction of sp³-hybridized carbons (Fsp3) is 0.300. The zero-order valence-electron chi connectivity index (χ0n) is 9.68. The fourth-order valence-electron chi connectivity index (χ4n) is 1.52. The highest BCUT2D eigenvalue weighted by Crippen LogP contribution is 2.23. The standard InChI is InChI=1S/C10H12ClN3O2S/c1-7-4-5-8-9(6-7)14(10(11)12-8)17(15,16)13(2)3/h4-6H,1-3H3. The molecule has 0 bridgehead atoms. The third-order valence-corrected chi connectivity index (χ3v) is 4.53. The van der Waals surface area contributed by atoms with Crippen LogP contribution in [0.1, 0.15) is 5.56 Å². The van der Waals surface area contributed by atoms with E-state index >= 15 is 0 Å². The highest BCUT2D eigenvalue weighted by atomic mass is 35.5. The zero-order valence-corrected chi connectivity index (χ0v) is 11.2. The highest BCUT2D eigenvalue weighted by molar-refractivity contribution is 7.87. The van der Waals surface area contributed by atoms with Crippen molar-refractivity contribution in [2.75, 3.05) is 14.1 Å². The minimum atomic E-state index is -3.65. The third kappa shape index (κ3) is 1.92. The second-order valence-corrected chi connectivity index (χ2v) is 6.26. The first-order valence-electron chi connectivity index (χ1n) is 4.91. The van der Waals surface area contributed by atoms with Crippen LogP contribution in [-0.2, 0) is 10.2 Å². The zero-order chi connectivity index (χ0) is 12.8. The molecule has 0 atom stereocenters. The van der Waals surface area contributed by atoms with Crippen molar-refractivity contribution >= 4 is 32.8 Å². The van der Waals surface area contributed by atoms with Crippen LogP contribution in [0.2, 0.25) is 5.28 Å². The van der Waals surface area contributed by atoms with Crippen molar-refractivity contribution in [1.82, 2.24) is 13.3 Å². The van der Waals surface area contributed by atoms with Crippen molar-refractivity contribution < 1.29 is 8.42 Å². The summed E-state index contributed by atoms with van der Waals surface area (Å²) in [7, 11) is -0.749. The molecule has 2 rings (SSSR count). The Hall–Kier alpha value is -1.11. The summed E-state index contributed by atoms with van der Waals surface area (Å²) >= 11 is 5.89. The Labute approximate surface area is 105 Å². The average Bonchev–Trinajstić information content (AvgIpc) is 2.53. The number of aromatic nitrogens is 2. The van der Waals surface area contributed by atoms with Gasteiger partial charge in [-0.05, 0) is 36.2 Å². The van der Waals surface area contributed by atoms with Crippen LogP contribution in [0.15, 0.2) is 18.2 Å². The maximum absolute atomic E-state index is 12.1. The van der Waals surface area contributed by atoms with Crippen LogP contribution >= 0.6 is 11.6 Å². The Kier molecular flexibility index (Phi) is 2.89. The Morgan fingerprint density at radius 1 is 1.35 bits per heavy atom. The molecule has 2 aromatic rings. The van der Waals surface area contributed by atoms with Crippen LogP contribution in [-0.4, -0.2) is 35.8 Å². The van der Waals surface area contributed by atoms with Crippen LogP contribution in [0, 0.1) is 6.92 Å². The summed E-state index contributed by atoms with van der Waals surface area (Å²) in [6, 6.07) is 5.35. The van der Waals surface area contributed by atoms with Crippen molar-refractivity contribution in [2.45, 2.75) is 6.92 Å². The van der Waals surface area contributed by atoms with Gasteiger partial charge in [0, 0.05) is 14.1 Å². The predicted molar refractivity (Wildman–Crippen MR) is 67.5 cm³/mol. The molecular formula is C10H12ClN3O2S. The lowest BCUT2D eigenvalue weighted by Crippen LogP contribution is -2.28. The number of fused-ring (bicyclic) bond motifs is 1. The van der Waals surface area contributed by atoms with E-state index in [1.54, 1.807) is 12.1 Å². The first-order chi connectivity index (χ1) is 7.84. The molecule has 0 fully saturated rings. The summed E-state index contributed by atoms with van der Waals surface area (Å²) in [5.74, 6) is 0. The Morgan fingerprint density at radius 2 is 2.00 bits per heavy atom. The van der Waals surface area contributed by atoms with Crippen molar-refractivity contribution in [1.29, 1.82) is 0 Å². The summed E-state index contributed by atoms with van der Waals surface area (Å²) in [6.07, 6.45) is 0. The molecule has 0 saturated carbocycles. The number of hydrogen-bond donors (Lipinski definition) is 0. The van der Waals surface area contributed by atoms with Gasteiger partial charge in [-0.15, -0.1) is 0 Å². The van der Waals surface area contributed by atoms with Crippen molar-refractivity contribution in [2.24, 2.45) is 0 Å². The summed E-state index contributed by atoms with van der Waals surface area (Å²) < 4.78 is 26.3. The quantitative estimate of drug-likeness (QED) is 0.836. The van der Waals surface area contributed by atoms with Crippen molar-refractivity contribution in [3.8, 4) is 0 Å². The Morgan fingerprint density at radius 3 is 2.59 bits per heavy atom. The monoisotopic (exact) mass is 273 g/mol. The minimum absolute atomic E-state index is 0.0562. The molecule has 1 heterocycles. The van der Waals surface area contributed by atoms with Crippen molar-refractivity contribution in [3.05, 3.63) is 29.0 Å². The molecule has 0 aliphatic heterocycles. The second kappa shape index (κ2) is 3.97. The third-order valence-electron chi connectivity index (χ3n) is 2.42. The number of rotatable bonds is 2. The maximum atomic E-state index is 12.1. The number of benzene rings is 1. The van der Waals surface area contributed by atoms with Crippen LogP contribution in [0.25, 0.3) is 11.0 Å². The topological polar surface area (TPSA) is 55.2 Å². The molecule has 0 spiro atoms. The molecule has 17 heavy (non-hydrogen) atoms. The molecule has 92 valence electrons. The molecule has 1 aromatic heterocycles. The first-order valence-corrected chi connectivity index (χ1v) is 6.69. The summed E-state index contributed by atoms with van der Waals surface area (Å²) in [5.41, 5.74) is 2.00. The largest absolute Gasteiger partial charge is 0.309 e. The maximum Gasteiger partial charge on any atom is 0.309 e. The molecular weight excluding hydrogens is 262 g/mol. The van der Waals surface area contributed by atoms with Gasteiger partial charge in [-0.3, -0.25) is 0 Å². The molecule has 1 aromatic carbocycles. The van der Waals surface area contributed by atoms with Gasteiger partial charge in [0.15, 0.2) is 0 Å². The molecule has 0 aliphatic rings. The van der Waals surface area contributed by atoms with Gasteiger partial charge >= 0.3 is 10.2 Å². The molecule has 0 unspecified atom stereocenters. The van der Waals surface area contributed by atoms with E-state index in [2.05, 4.69) is 4.98 Å². The van der Waals surface area contributed by atoms with E-state index in [0.29, 0.717) is 11.0 Å². The Bertz CT molecular complexity index is 676. The molecule has 0 saturated heterocycles. The Balaban J connectivity index is 2.86. The number of imidazole rings is 1. The lowest BCUT2D eigenvalue weighted by Gasteiger charge is -2.13. The van der Waals surface area contributed by atoms with Gasteiger partial charge in [0.1, 0.15) is 0 Å². The normalized spacial score (nSPS) is 12.5. The van der Waals surface area contributed by atoms with Gasteiger partial charge in [0.2, 0.25) is 5.28 Å². The predicted octanol–water partition coefficient (Wildman–Crippen LogP) is 1.65. The molecule has 0 aliphatic carbocycles. The smallest absolute Gasteiger partial charge is 0.217 e. The van der Waals surface area contributed by atoms with E-state index in [1.807, 2.05) is 13.0 Å². The first kappa shape index (κ1) is 12.3. The van der Waals surface area contributed by atoms with Crippen LogP contribution < -0.4 is 0 Å². The minimum Gasteiger partial charge on any atom is -0.217 e. The fourth-order valence-corrected chi connectivity index (χ4v) is 2.91. The van der Waals surface area contributed by atoms with E-state index in [1.165, 1.54) is 14.1 Å². The van der Waals surface area contributed by atoms with Crippen LogP contribution in [0.4, 0.5) is 0 Å². The van der Waals surface area contributed by atoms with Gasteiger partial charge < -0.3 is 0 Å².